The number of aromatic amines is 1. The van der Waals surface area contributed by atoms with Gasteiger partial charge in [-0.2, -0.15) is 5.10 Å². The highest BCUT2D eigenvalue weighted by molar-refractivity contribution is 6.34. The van der Waals surface area contributed by atoms with E-state index >= 15 is 0 Å². The van der Waals surface area contributed by atoms with Crippen LogP contribution in [0, 0.1) is 5.82 Å². The monoisotopic (exact) mass is 327 g/mol. The maximum absolute atomic E-state index is 14.6. The first kappa shape index (κ1) is 16.7. The van der Waals surface area contributed by atoms with Crippen LogP contribution < -0.4 is 5.32 Å². The molecular formula is C16H20ClF2N3. The van der Waals surface area contributed by atoms with E-state index in [1.165, 1.54) is 0 Å². The van der Waals surface area contributed by atoms with Crippen LogP contribution in [-0.4, -0.2) is 23.4 Å². The standard InChI is InChI=1S/C14H14ClF2N3.C2H6/c1-3-9(18-2)10-7-5-19-20-14(7)11(6-4-8(6)16)13(17)12(10)15;1-2/h3,5-6,8,18H,4H2,1-2H3,(H,19,20);1-2H3/b9-3-;. The maximum Gasteiger partial charge on any atom is 0.148 e. The van der Waals surface area contributed by atoms with Crippen molar-refractivity contribution in [1.29, 1.82) is 0 Å². The van der Waals surface area contributed by atoms with Crippen LogP contribution in [0.2, 0.25) is 5.02 Å². The minimum absolute atomic E-state index is 0.00968. The highest BCUT2D eigenvalue weighted by Gasteiger charge is 2.43. The molecule has 2 unspecified atom stereocenters. The van der Waals surface area contributed by atoms with Gasteiger partial charge in [0.25, 0.3) is 0 Å². The second kappa shape index (κ2) is 6.65. The number of hydrogen-bond acceptors (Lipinski definition) is 2. The third-order valence-corrected chi connectivity index (χ3v) is 4.09. The number of aromatic nitrogens is 2. The molecule has 2 aromatic rings. The minimum Gasteiger partial charge on any atom is -0.388 e. The Bertz CT molecular complexity index is 709. The lowest BCUT2D eigenvalue weighted by atomic mass is 9.99. The Kier molecular flexibility index (Phi) is 5.06. The van der Waals surface area contributed by atoms with Gasteiger partial charge in [0.2, 0.25) is 0 Å². The third kappa shape index (κ3) is 2.58. The summed E-state index contributed by atoms with van der Waals surface area (Å²) in [6, 6.07) is 0. The molecule has 1 aliphatic rings. The Morgan fingerprint density at radius 3 is 2.64 bits per heavy atom. The average molecular weight is 328 g/mol. The number of allylic oxidation sites excluding steroid dienone is 1. The Hall–Kier alpha value is -1.62. The number of rotatable bonds is 3. The Labute approximate surface area is 133 Å². The molecule has 22 heavy (non-hydrogen) atoms. The van der Waals surface area contributed by atoms with Gasteiger partial charge in [0.1, 0.15) is 12.0 Å². The molecule has 0 spiro atoms. The van der Waals surface area contributed by atoms with E-state index in [1.807, 2.05) is 26.8 Å². The van der Waals surface area contributed by atoms with Crippen LogP contribution in [0.3, 0.4) is 0 Å². The first-order valence-electron chi connectivity index (χ1n) is 7.42. The average Bonchev–Trinajstić information content (AvgIpc) is 3.05. The lowest BCUT2D eigenvalue weighted by molar-refractivity contribution is 0.465. The predicted molar refractivity (Wildman–Crippen MR) is 87.4 cm³/mol. The smallest absolute Gasteiger partial charge is 0.148 e. The number of nitrogens with zero attached hydrogens (tertiary/aromatic N) is 1. The first-order chi connectivity index (χ1) is 10.6. The summed E-state index contributed by atoms with van der Waals surface area (Å²) in [6.45, 7) is 5.83. The molecule has 2 N–H and O–H groups in total. The largest absolute Gasteiger partial charge is 0.388 e. The lowest BCUT2D eigenvalue weighted by Crippen LogP contribution is -2.07. The van der Waals surface area contributed by atoms with Crippen LogP contribution in [0.4, 0.5) is 8.78 Å². The molecule has 6 heteroatoms. The molecule has 1 heterocycles. The van der Waals surface area contributed by atoms with Gasteiger partial charge in [-0.25, -0.2) is 8.78 Å². The molecule has 0 amide bonds. The Balaban J connectivity index is 0.000000847. The second-order valence-corrected chi connectivity index (χ2v) is 5.26. The van der Waals surface area contributed by atoms with Crippen LogP contribution in [0.5, 0.6) is 0 Å². The van der Waals surface area contributed by atoms with E-state index in [1.54, 1.807) is 13.2 Å². The van der Waals surface area contributed by atoms with Crippen molar-refractivity contribution >= 4 is 28.2 Å². The molecule has 0 radical (unpaired) electrons. The van der Waals surface area contributed by atoms with Crippen molar-refractivity contribution in [3.05, 3.63) is 34.2 Å². The minimum atomic E-state index is -0.997. The van der Waals surface area contributed by atoms with Gasteiger partial charge in [-0.1, -0.05) is 31.5 Å². The fourth-order valence-corrected chi connectivity index (χ4v) is 2.93. The zero-order chi connectivity index (χ0) is 16.4. The van der Waals surface area contributed by atoms with Crippen LogP contribution in [0.25, 0.3) is 16.6 Å². The van der Waals surface area contributed by atoms with E-state index in [4.69, 9.17) is 11.6 Å². The Morgan fingerprint density at radius 2 is 2.14 bits per heavy atom. The third-order valence-electron chi connectivity index (χ3n) is 3.74. The van der Waals surface area contributed by atoms with Gasteiger partial charge in [0.05, 0.1) is 16.7 Å². The van der Waals surface area contributed by atoms with Gasteiger partial charge >= 0.3 is 0 Å². The van der Waals surface area contributed by atoms with Crippen molar-refractivity contribution in [3.8, 4) is 0 Å². The van der Waals surface area contributed by atoms with E-state index in [0.717, 1.165) is 0 Å². The van der Waals surface area contributed by atoms with Crippen LogP contribution in [0.15, 0.2) is 12.3 Å². The summed E-state index contributed by atoms with van der Waals surface area (Å²) in [4.78, 5) is 0. The molecule has 1 fully saturated rings. The van der Waals surface area contributed by atoms with Crippen molar-refractivity contribution in [2.24, 2.45) is 0 Å². The van der Waals surface area contributed by atoms with Crippen molar-refractivity contribution in [2.75, 3.05) is 7.05 Å². The lowest BCUT2D eigenvalue weighted by Gasteiger charge is -2.14. The first-order valence-corrected chi connectivity index (χ1v) is 7.80. The van der Waals surface area contributed by atoms with Crippen molar-refractivity contribution < 1.29 is 8.78 Å². The fraction of sp³-hybridized carbons (Fsp3) is 0.438. The van der Waals surface area contributed by atoms with E-state index in [-0.39, 0.29) is 5.02 Å². The maximum atomic E-state index is 14.6. The topological polar surface area (TPSA) is 40.7 Å². The molecule has 0 aliphatic heterocycles. The molecule has 2 atom stereocenters. The van der Waals surface area contributed by atoms with Gasteiger partial charge in [-0.15, -0.1) is 0 Å². The van der Waals surface area contributed by atoms with Crippen molar-refractivity contribution in [1.82, 2.24) is 15.5 Å². The highest BCUT2D eigenvalue weighted by atomic mass is 35.5. The SMILES string of the molecule is C/C=C(\NC)c1c(Cl)c(F)c(C2CC2F)c2[nH]ncc12.CC. The summed E-state index contributed by atoms with van der Waals surface area (Å²) in [5.41, 5.74) is 2.10. The quantitative estimate of drug-likeness (QED) is 0.851. The molecule has 3 rings (SSSR count). The van der Waals surface area contributed by atoms with Gasteiger partial charge in [0, 0.05) is 35.2 Å². The number of nitrogens with one attached hydrogen (secondary N) is 2. The highest BCUT2D eigenvalue weighted by Crippen LogP contribution is 2.49. The second-order valence-electron chi connectivity index (χ2n) is 4.89. The van der Waals surface area contributed by atoms with Gasteiger partial charge in [-0.05, 0) is 13.3 Å². The fourth-order valence-electron chi connectivity index (χ4n) is 2.62. The molecular weight excluding hydrogens is 308 g/mol. The van der Waals surface area contributed by atoms with E-state index < -0.39 is 17.9 Å². The molecule has 0 bridgehead atoms. The van der Waals surface area contributed by atoms with E-state index in [9.17, 15) is 8.78 Å². The molecule has 120 valence electrons. The molecule has 1 aliphatic carbocycles. The van der Waals surface area contributed by atoms with Gasteiger partial charge in [-0.3, -0.25) is 5.10 Å². The van der Waals surface area contributed by atoms with Crippen LogP contribution in [-0.2, 0) is 0 Å². The van der Waals surface area contributed by atoms with Crippen LogP contribution >= 0.6 is 11.6 Å². The summed E-state index contributed by atoms with van der Waals surface area (Å²) in [5.74, 6) is -0.980. The van der Waals surface area contributed by atoms with Crippen LogP contribution in [0.1, 0.15) is 44.2 Å². The normalized spacial score (nSPS) is 20.6. The Morgan fingerprint density at radius 1 is 1.50 bits per heavy atom. The van der Waals surface area contributed by atoms with E-state index in [2.05, 4.69) is 15.5 Å². The zero-order valence-electron chi connectivity index (χ0n) is 13.1. The van der Waals surface area contributed by atoms with E-state index in [0.29, 0.717) is 34.1 Å². The van der Waals surface area contributed by atoms with Gasteiger partial charge in [0.15, 0.2) is 0 Å². The summed E-state index contributed by atoms with van der Waals surface area (Å²) in [7, 11) is 1.74. The molecule has 0 saturated heterocycles. The predicted octanol–water partition coefficient (Wildman–Crippen LogP) is 4.79. The number of alkyl halides is 1. The summed E-state index contributed by atoms with van der Waals surface area (Å²) < 4.78 is 27.9. The molecule has 1 saturated carbocycles. The van der Waals surface area contributed by atoms with Crippen molar-refractivity contribution in [2.45, 2.75) is 39.3 Å². The number of halogens is 3. The number of benzene rings is 1. The summed E-state index contributed by atoms with van der Waals surface area (Å²) in [6.07, 6.45) is 2.74. The molecule has 1 aromatic heterocycles. The molecule has 3 nitrogen and oxygen atoms in total. The molecule has 1 aromatic carbocycles. The number of fused-ring (bicyclic) bond motifs is 1. The van der Waals surface area contributed by atoms with Gasteiger partial charge < -0.3 is 5.32 Å². The van der Waals surface area contributed by atoms with Crippen molar-refractivity contribution in [3.63, 3.8) is 0 Å². The number of hydrogen-bond donors (Lipinski definition) is 2. The number of H-pyrrole nitrogens is 1. The zero-order valence-corrected chi connectivity index (χ0v) is 13.9. The summed E-state index contributed by atoms with van der Waals surface area (Å²) in [5, 5.41) is 10.4. The summed E-state index contributed by atoms with van der Waals surface area (Å²) >= 11 is 6.19.